The van der Waals surface area contributed by atoms with Crippen LogP contribution in [0.3, 0.4) is 0 Å². The maximum atomic E-state index is 10.7. The van der Waals surface area contributed by atoms with Crippen LogP contribution >= 0.6 is 0 Å². The van der Waals surface area contributed by atoms with Crippen molar-refractivity contribution in [3.05, 3.63) is 0 Å². The van der Waals surface area contributed by atoms with E-state index in [0.29, 0.717) is 6.04 Å². The first kappa shape index (κ1) is 17.2. The quantitative estimate of drug-likeness (QED) is 0.790. The highest BCUT2D eigenvalue weighted by Gasteiger charge is 2.33. The molecule has 0 radical (unpaired) electrons. The fraction of sp³-hybridized carbons (Fsp3) is 1.00. The van der Waals surface area contributed by atoms with Gasteiger partial charge in [0.25, 0.3) is 0 Å². The zero-order chi connectivity index (χ0) is 15.1. The van der Waals surface area contributed by atoms with Gasteiger partial charge in [0.05, 0.1) is 5.60 Å². The Morgan fingerprint density at radius 2 is 1.86 bits per heavy atom. The van der Waals surface area contributed by atoms with Crippen molar-refractivity contribution in [3.8, 4) is 0 Å². The molecule has 0 aromatic rings. The second kappa shape index (κ2) is 8.50. The van der Waals surface area contributed by atoms with Gasteiger partial charge in [0, 0.05) is 12.6 Å². The molecule has 2 aliphatic rings. The molecule has 1 atom stereocenters. The van der Waals surface area contributed by atoms with E-state index in [-0.39, 0.29) is 0 Å². The molecule has 1 saturated carbocycles. The molecule has 2 fully saturated rings. The smallest absolute Gasteiger partial charge is 0.0771 e. The molecule has 3 heteroatoms. The number of nitrogens with zero attached hydrogens (tertiary/aromatic N) is 1. The van der Waals surface area contributed by atoms with Crippen molar-refractivity contribution < 1.29 is 5.11 Å². The molecule has 0 amide bonds. The van der Waals surface area contributed by atoms with Gasteiger partial charge in [0.2, 0.25) is 0 Å². The van der Waals surface area contributed by atoms with Crippen molar-refractivity contribution in [2.24, 2.45) is 5.92 Å². The largest absolute Gasteiger partial charge is 0.389 e. The van der Waals surface area contributed by atoms with E-state index in [1.54, 1.807) is 0 Å². The molecule has 0 aromatic carbocycles. The van der Waals surface area contributed by atoms with E-state index < -0.39 is 5.60 Å². The van der Waals surface area contributed by atoms with Crippen molar-refractivity contribution in [2.45, 2.75) is 83.3 Å². The molecule has 1 aliphatic heterocycles. The second-order valence-corrected chi connectivity index (χ2v) is 7.43. The molecule has 0 aromatic heterocycles. The molecular formula is C18H36N2O. The van der Waals surface area contributed by atoms with Gasteiger partial charge in [-0.15, -0.1) is 0 Å². The van der Waals surface area contributed by atoms with Crippen LogP contribution in [0.4, 0.5) is 0 Å². The monoisotopic (exact) mass is 296 g/mol. The van der Waals surface area contributed by atoms with Crippen molar-refractivity contribution in [1.82, 2.24) is 10.2 Å². The van der Waals surface area contributed by atoms with Crippen LogP contribution in [0.25, 0.3) is 0 Å². The number of aliphatic hydroxyl groups is 1. The maximum absolute atomic E-state index is 10.7. The van der Waals surface area contributed by atoms with Crippen LogP contribution in [0, 0.1) is 5.92 Å². The van der Waals surface area contributed by atoms with Gasteiger partial charge in [-0.05, 0) is 76.9 Å². The second-order valence-electron chi connectivity index (χ2n) is 7.43. The molecule has 2 rings (SSSR count). The van der Waals surface area contributed by atoms with Gasteiger partial charge in [-0.3, -0.25) is 0 Å². The number of hydrogen-bond acceptors (Lipinski definition) is 3. The Morgan fingerprint density at radius 1 is 1.10 bits per heavy atom. The van der Waals surface area contributed by atoms with E-state index in [4.69, 9.17) is 0 Å². The minimum Gasteiger partial charge on any atom is -0.389 e. The van der Waals surface area contributed by atoms with E-state index in [0.717, 1.165) is 25.3 Å². The van der Waals surface area contributed by atoms with Crippen molar-refractivity contribution in [1.29, 1.82) is 0 Å². The Balaban J connectivity index is 1.70. The lowest BCUT2D eigenvalue weighted by Crippen LogP contribution is -2.46. The highest BCUT2D eigenvalue weighted by molar-refractivity contribution is 4.88. The van der Waals surface area contributed by atoms with Crippen molar-refractivity contribution in [3.63, 3.8) is 0 Å². The first-order valence-electron chi connectivity index (χ1n) is 9.33. The molecule has 3 nitrogen and oxygen atoms in total. The van der Waals surface area contributed by atoms with Crippen LogP contribution < -0.4 is 5.32 Å². The summed E-state index contributed by atoms with van der Waals surface area (Å²) in [6.45, 7) is 9.08. The lowest BCUT2D eigenvalue weighted by molar-refractivity contribution is -0.0109. The van der Waals surface area contributed by atoms with Crippen LogP contribution in [-0.4, -0.2) is 47.8 Å². The zero-order valence-corrected chi connectivity index (χ0v) is 14.2. The topological polar surface area (TPSA) is 35.5 Å². The maximum Gasteiger partial charge on any atom is 0.0771 e. The number of likely N-dealkylation sites (tertiary alicyclic amines) is 1. The summed E-state index contributed by atoms with van der Waals surface area (Å²) in [6.07, 6.45) is 10.8. The predicted octanol–water partition coefficient (Wildman–Crippen LogP) is 3.17. The summed E-state index contributed by atoms with van der Waals surface area (Å²) in [5, 5.41) is 14.4. The minimum atomic E-state index is -0.429. The molecule has 0 spiro atoms. The van der Waals surface area contributed by atoms with Gasteiger partial charge in [0.15, 0.2) is 0 Å². The fourth-order valence-electron chi connectivity index (χ4n) is 4.03. The third kappa shape index (κ3) is 5.54. The van der Waals surface area contributed by atoms with Gasteiger partial charge < -0.3 is 15.3 Å². The average molecular weight is 296 g/mol. The first-order chi connectivity index (χ1) is 10.1. The zero-order valence-electron chi connectivity index (χ0n) is 14.2. The summed E-state index contributed by atoms with van der Waals surface area (Å²) in [5.41, 5.74) is -0.429. The number of hydrogen-bond donors (Lipinski definition) is 2. The van der Waals surface area contributed by atoms with Crippen LogP contribution in [0.5, 0.6) is 0 Å². The third-order valence-electron chi connectivity index (χ3n) is 5.69. The highest BCUT2D eigenvalue weighted by atomic mass is 16.3. The lowest BCUT2D eigenvalue weighted by Gasteiger charge is -2.37. The Kier molecular flexibility index (Phi) is 6.97. The van der Waals surface area contributed by atoms with E-state index in [9.17, 15) is 5.11 Å². The van der Waals surface area contributed by atoms with E-state index in [1.165, 1.54) is 64.6 Å². The van der Waals surface area contributed by atoms with Gasteiger partial charge in [-0.1, -0.05) is 20.3 Å². The summed E-state index contributed by atoms with van der Waals surface area (Å²) < 4.78 is 0. The molecule has 2 N–H and O–H groups in total. The van der Waals surface area contributed by atoms with Crippen LogP contribution in [-0.2, 0) is 0 Å². The highest BCUT2D eigenvalue weighted by Crippen LogP contribution is 2.33. The molecule has 0 bridgehead atoms. The lowest BCUT2D eigenvalue weighted by atomic mass is 9.77. The Bertz CT molecular complexity index is 287. The molecule has 1 saturated heterocycles. The van der Waals surface area contributed by atoms with Crippen molar-refractivity contribution in [2.75, 3.05) is 26.2 Å². The van der Waals surface area contributed by atoms with Crippen LogP contribution in [0.2, 0.25) is 0 Å². The van der Waals surface area contributed by atoms with E-state index in [2.05, 4.69) is 24.1 Å². The van der Waals surface area contributed by atoms with Gasteiger partial charge >= 0.3 is 0 Å². The normalized spacial score (nSPS) is 35.6. The summed E-state index contributed by atoms with van der Waals surface area (Å²) in [7, 11) is 0. The minimum absolute atomic E-state index is 0.429. The number of nitrogens with one attached hydrogen (secondary N) is 1. The predicted molar refractivity (Wildman–Crippen MR) is 89.6 cm³/mol. The standard InChI is InChI=1S/C18H36N2O/c1-3-12-20-13-5-6-17(9-14-20)19-15-18(21)10-7-16(4-2)8-11-18/h16-17,19,21H,3-15H2,1-2H3. The summed E-state index contributed by atoms with van der Waals surface area (Å²) in [6, 6.07) is 0.611. The van der Waals surface area contributed by atoms with Crippen LogP contribution in [0.1, 0.15) is 71.6 Å². The first-order valence-corrected chi connectivity index (χ1v) is 9.33. The average Bonchev–Trinajstić information content (AvgIpc) is 2.72. The van der Waals surface area contributed by atoms with Crippen LogP contribution in [0.15, 0.2) is 0 Å². The Morgan fingerprint density at radius 3 is 2.52 bits per heavy atom. The third-order valence-corrected chi connectivity index (χ3v) is 5.69. The molecule has 1 unspecified atom stereocenters. The summed E-state index contributed by atoms with van der Waals surface area (Å²) in [5.74, 6) is 0.853. The van der Waals surface area contributed by atoms with Crippen molar-refractivity contribution >= 4 is 0 Å². The summed E-state index contributed by atoms with van der Waals surface area (Å²) >= 11 is 0. The molecule has 21 heavy (non-hydrogen) atoms. The van der Waals surface area contributed by atoms with E-state index >= 15 is 0 Å². The fourth-order valence-corrected chi connectivity index (χ4v) is 4.03. The molecule has 124 valence electrons. The van der Waals surface area contributed by atoms with Gasteiger partial charge in [-0.25, -0.2) is 0 Å². The molecule has 1 aliphatic carbocycles. The SMILES string of the molecule is CCCN1CCCC(NCC2(O)CCC(CC)CC2)CC1. The van der Waals surface area contributed by atoms with E-state index in [1.807, 2.05) is 0 Å². The summed E-state index contributed by atoms with van der Waals surface area (Å²) in [4.78, 5) is 2.60. The Labute approximate surface area is 131 Å². The number of rotatable bonds is 6. The molecular weight excluding hydrogens is 260 g/mol. The van der Waals surface area contributed by atoms with Gasteiger partial charge in [-0.2, -0.15) is 0 Å². The Hall–Kier alpha value is -0.120. The van der Waals surface area contributed by atoms with Gasteiger partial charge in [0.1, 0.15) is 0 Å². The molecule has 1 heterocycles.